The van der Waals surface area contributed by atoms with Crippen LogP contribution < -0.4 is 14.4 Å². The van der Waals surface area contributed by atoms with Gasteiger partial charge in [-0.2, -0.15) is 0 Å². The third-order valence-electron chi connectivity index (χ3n) is 4.41. The van der Waals surface area contributed by atoms with Gasteiger partial charge in [-0.15, -0.1) is 0 Å². The molecule has 0 aliphatic carbocycles. The van der Waals surface area contributed by atoms with E-state index in [9.17, 15) is 13.2 Å². The number of hydrogen-bond donors (Lipinski definition) is 1. The summed E-state index contributed by atoms with van der Waals surface area (Å²) in [6.45, 7) is 2.79. The molecule has 1 saturated heterocycles. The van der Waals surface area contributed by atoms with Gasteiger partial charge in [0.1, 0.15) is 5.75 Å². The molecule has 1 heterocycles. The summed E-state index contributed by atoms with van der Waals surface area (Å²) < 4.78 is 30.7. The van der Waals surface area contributed by atoms with Crippen molar-refractivity contribution in [1.82, 2.24) is 5.32 Å². The van der Waals surface area contributed by atoms with Crippen LogP contribution in [-0.2, 0) is 16.6 Å². The van der Waals surface area contributed by atoms with Gasteiger partial charge in [0, 0.05) is 18.7 Å². The lowest BCUT2D eigenvalue weighted by Gasteiger charge is -2.17. The summed E-state index contributed by atoms with van der Waals surface area (Å²) in [7, 11) is -1.64. The van der Waals surface area contributed by atoms with Crippen LogP contribution in [0.1, 0.15) is 27.9 Å². The molecule has 138 valence electrons. The molecular weight excluding hydrogens is 352 g/mol. The normalized spacial score (nSPS) is 15.7. The van der Waals surface area contributed by atoms with Crippen molar-refractivity contribution in [1.29, 1.82) is 0 Å². The molecule has 7 heteroatoms. The molecule has 0 radical (unpaired) electrons. The summed E-state index contributed by atoms with van der Waals surface area (Å²) in [6.07, 6.45) is 0.607. The molecule has 0 atom stereocenters. The number of anilines is 1. The fourth-order valence-electron chi connectivity index (χ4n) is 3.07. The van der Waals surface area contributed by atoms with E-state index in [2.05, 4.69) is 5.32 Å². The van der Waals surface area contributed by atoms with Crippen molar-refractivity contribution < 1.29 is 17.9 Å². The molecule has 1 aliphatic rings. The number of nitrogens with one attached hydrogen (secondary N) is 1. The molecule has 0 saturated carbocycles. The summed E-state index contributed by atoms with van der Waals surface area (Å²) in [5.41, 5.74) is 2.95. The number of sulfonamides is 1. The lowest BCUT2D eigenvalue weighted by atomic mass is 10.1. The molecule has 0 spiro atoms. The van der Waals surface area contributed by atoms with Crippen LogP contribution in [0.4, 0.5) is 5.69 Å². The summed E-state index contributed by atoms with van der Waals surface area (Å²) in [5.74, 6) is 0.719. The van der Waals surface area contributed by atoms with Gasteiger partial charge in [0.2, 0.25) is 10.0 Å². The van der Waals surface area contributed by atoms with Gasteiger partial charge < -0.3 is 10.1 Å². The van der Waals surface area contributed by atoms with E-state index in [4.69, 9.17) is 4.74 Å². The Balaban J connectivity index is 1.70. The number of nitrogens with zero attached hydrogens (tertiary/aromatic N) is 1. The molecule has 1 fully saturated rings. The molecule has 1 amide bonds. The third kappa shape index (κ3) is 3.83. The molecule has 0 unspecified atom stereocenters. The Bertz CT molecular complexity index is 925. The van der Waals surface area contributed by atoms with Gasteiger partial charge in [-0.1, -0.05) is 18.2 Å². The van der Waals surface area contributed by atoms with Gasteiger partial charge in [0.05, 0.1) is 18.6 Å². The molecule has 0 aromatic heterocycles. The Labute approximate surface area is 153 Å². The highest BCUT2D eigenvalue weighted by molar-refractivity contribution is 7.93. The monoisotopic (exact) mass is 374 g/mol. The molecular formula is C19H22N2O4S. The number of amides is 1. The van der Waals surface area contributed by atoms with E-state index in [1.54, 1.807) is 31.4 Å². The maximum atomic E-state index is 12.5. The SMILES string of the molecule is COc1ccc(CNC(=O)c2cccc(N3CCCS3(=O)=O)c2)cc1C. The molecule has 0 bridgehead atoms. The Kier molecular flexibility index (Phi) is 5.18. The maximum Gasteiger partial charge on any atom is 0.251 e. The van der Waals surface area contributed by atoms with Crippen LogP contribution in [0.2, 0.25) is 0 Å². The minimum Gasteiger partial charge on any atom is -0.496 e. The van der Waals surface area contributed by atoms with Crippen molar-refractivity contribution in [3.63, 3.8) is 0 Å². The van der Waals surface area contributed by atoms with Crippen LogP contribution in [0.3, 0.4) is 0 Å². The first kappa shape index (κ1) is 18.3. The van der Waals surface area contributed by atoms with Crippen molar-refractivity contribution in [2.45, 2.75) is 19.9 Å². The van der Waals surface area contributed by atoms with Crippen LogP contribution in [0, 0.1) is 6.92 Å². The van der Waals surface area contributed by atoms with Crippen molar-refractivity contribution in [3.8, 4) is 5.75 Å². The van der Waals surface area contributed by atoms with E-state index in [0.29, 0.717) is 30.8 Å². The molecule has 2 aromatic carbocycles. The van der Waals surface area contributed by atoms with Crippen LogP contribution in [-0.4, -0.2) is 33.7 Å². The van der Waals surface area contributed by atoms with Crippen molar-refractivity contribution in [3.05, 3.63) is 59.2 Å². The van der Waals surface area contributed by atoms with Crippen LogP contribution >= 0.6 is 0 Å². The number of carbonyl (C=O) groups is 1. The van der Waals surface area contributed by atoms with Gasteiger partial charge in [0.25, 0.3) is 5.91 Å². The third-order valence-corrected chi connectivity index (χ3v) is 6.28. The van der Waals surface area contributed by atoms with Crippen molar-refractivity contribution >= 4 is 21.6 Å². The minimum atomic E-state index is -3.26. The predicted molar refractivity (Wildman–Crippen MR) is 101 cm³/mol. The fourth-order valence-corrected chi connectivity index (χ4v) is 4.62. The second-order valence-corrected chi connectivity index (χ2v) is 8.29. The number of rotatable bonds is 5. The molecule has 2 aromatic rings. The van der Waals surface area contributed by atoms with E-state index < -0.39 is 10.0 Å². The first-order valence-electron chi connectivity index (χ1n) is 8.43. The van der Waals surface area contributed by atoms with E-state index in [0.717, 1.165) is 16.9 Å². The summed E-state index contributed by atoms with van der Waals surface area (Å²) >= 11 is 0. The molecule has 1 N–H and O–H groups in total. The van der Waals surface area contributed by atoms with Crippen molar-refractivity contribution in [2.75, 3.05) is 23.7 Å². The van der Waals surface area contributed by atoms with Crippen LogP contribution in [0.25, 0.3) is 0 Å². The first-order valence-corrected chi connectivity index (χ1v) is 10.0. The number of methoxy groups -OCH3 is 1. The largest absolute Gasteiger partial charge is 0.496 e. The highest BCUT2D eigenvalue weighted by atomic mass is 32.2. The Hall–Kier alpha value is -2.54. The Morgan fingerprint density at radius 1 is 1.23 bits per heavy atom. The van der Waals surface area contributed by atoms with E-state index in [1.807, 2.05) is 25.1 Å². The predicted octanol–water partition coefficient (Wildman–Crippen LogP) is 2.47. The van der Waals surface area contributed by atoms with E-state index in [1.165, 1.54) is 4.31 Å². The average Bonchev–Trinajstić information content (AvgIpc) is 2.99. The average molecular weight is 374 g/mol. The molecule has 26 heavy (non-hydrogen) atoms. The molecule has 1 aliphatic heterocycles. The van der Waals surface area contributed by atoms with E-state index >= 15 is 0 Å². The molecule has 3 rings (SSSR count). The topological polar surface area (TPSA) is 75.7 Å². The number of benzene rings is 2. The zero-order chi connectivity index (χ0) is 18.7. The van der Waals surface area contributed by atoms with Gasteiger partial charge in [-0.25, -0.2) is 8.42 Å². The summed E-state index contributed by atoms with van der Waals surface area (Å²) in [6, 6.07) is 12.5. The number of hydrogen-bond acceptors (Lipinski definition) is 4. The smallest absolute Gasteiger partial charge is 0.251 e. The van der Waals surface area contributed by atoms with Gasteiger partial charge >= 0.3 is 0 Å². The Morgan fingerprint density at radius 2 is 2.04 bits per heavy atom. The second-order valence-electron chi connectivity index (χ2n) is 6.28. The highest BCUT2D eigenvalue weighted by Crippen LogP contribution is 2.25. The first-order chi connectivity index (χ1) is 12.4. The quantitative estimate of drug-likeness (QED) is 0.872. The van der Waals surface area contributed by atoms with Crippen LogP contribution in [0.15, 0.2) is 42.5 Å². The van der Waals surface area contributed by atoms with Crippen LogP contribution in [0.5, 0.6) is 5.75 Å². The second kappa shape index (κ2) is 7.37. The molecule has 6 nitrogen and oxygen atoms in total. The van der Waals surface area contributed by atoms with Gasteiger partial charge in [-0.05, 0) is 48.7 Å². The number of ether oxygens (including phenoxy) is 1. The van der Waals surface area contributed by atoms with Gasteiger partial charge in [0.15, 0.2) is 0 Å². The van der Waals surface area contributed by atoms with E-state index in [-0.39, 0.29) is 11.7 Å². The Morgan fingerprint density at radius 3 is 2.69 bits per heavy atom. The number of carbonyl (C=O) groups excluding carboxylic acids is 1. The fraction of sp³-hybridized carbons (Fsp3) is 0.316. The zero-order valence-electron chi connectivity index (χ0n) is 14.9. The highest BCUT2D eigenvalue weighted by Gasteiger charge is 2.28. The lowest BCUT2D eigenvalue weighted by Crippen LogP contribution is -2.26. The minimum absolute atomic E-state index is 0.153. The van der Waals surface area contributed by atoms with Crippen molar-refractivity contribution in [2.24, 2.45) is 0 Å². The number of aryl methyl sites for hydroxylation is 1. The standard InChI is InChI=1S/C19H22N2O4S/c1-14-11-15(7-8-18(14)25-2)13-20-19(22)16-5-3-6-17(12-16)21-9-4-10-26(21,23)24/h3,5-8,11-12H,4,9-10,13H2,1-2H3,(H,20,22). The summed E-state index contributed by atoms with van der Waals surface area (Å²) in [5, 5.41) is 2.87. The van der Waals surface area contributed by atoms with Gasteiger partial charge in [-0.3, -0.25) is 9.10 Å². The zero-order valence-corrected chi connectivity index (χ0v) is 15.7. The maximum absolute atomic E-state index is 12.5. The lowest BCUT2D eigenvalue weighted by molar-refractivity contribution is 0.0951. The summed E-state index contributed by atoms with van der Waals surface area (Å²) in [4.78, 5) is 12.5.